The van der Waals surface area contributed by atoms with Gasteiger partial charge in [0, 0.05) is 75.7 Å². The fraction of sp³-hybridized carbons (Fsp3) is 0.482. The number of aromatic nitrogens is 3. The molecule has 0 aliphatic carbocycles. The molecular formula is C56H73ClFN9O7S. The van der Waals surface area contributed by atoms with Gasteiger partial charge in [0.1, 0.15) is 35.8 Å². The monoisotopic (exact) mass is 1070 g/mol. The third-order valence-corrected chi connectivity index (χ3v) is 13.8. The number of hydrogen-bond acceptors (Lipinski definition) is 13. The second-order valence-corrected chi connectivity index (χ2v) is 21.3. The molecule has 1 saturated heterocycles. The van der Waals surface area contributed by atoms with Crippen LogP contribution in [0.25, 0.3) is 21.3 Å². The Morgan fingerprint density at radius 2 is 1.61 bits per heavy atom. The molecule has 0 saturated carbocycles. The van der Waals surface area contributed by atoms with Gasteiger partial charge in [-0.2, -0.15) is 0 Å². The Morgan fingerprint density at radius 3 is 2.28 bits per heavy atom. The largest absolute Gasteiger partial charge is 0.491 e. The van der Waals surface area contributed by atoms with Crippen LogP contribution >= 0.6 is 22.9 Å². The first-order valence-electron chi connectivity index (χ1n) is 25.9. The minimum absolute atomic E-state index is 0.0260. The van der Waals surface area contributed by atoms with Gasteiger partial charge in [0.15, 0.2) is 0 Å². The number of carbonyl (C=O) groups is 4. The molecule has 16 nitrogen and oxygen atoms in total. The normalized spacial score (nSPS) is 14.1. The molecule has 0 spiro atoms. The number of anilines is 3. The maximum Gasteiger partial charge on any atom is 0.248 e. The second kappa shape index (κ2) is 29.3. The quantitative estimate of drug-likeness (QED) is 0.0262. The maximum absolute atomic E-state index is 14.0. The molecular weight excluding hydrogens is 997 g/mol. The molecule has 0 radical (unpaired) electrons. The lowest BCUT2D eigenvalue weighted by atomic mass is 9.85. The summed E-state index contributed by atoms with van der Waals surface area (Å²) in [6.45, 7) is 12.0. The predicted octanol–water partition coefficient (Wildman–Crippen LogP) is 10.0. The zero-order valence-electron chi connectivity index (χ0n) is 44.1. The number of unbranched alkanes of at least 4 members (excludes halogenated alkanes) is 4. The van der Waals surface area contributed by atoms with Gasteiger partial charge in [0.2, 0.25) is 23.6 Å². The Bertz CT molecular complexity index is 2700. The van der Waals surface area contributed by atoms with Crippen LogP contribution in [0.15, 0.2) is 78.6 Å². The minimum atomic E-state index is -0.756. The van der Waals surface area contributed by atoms with Crippen LogP contribution in [-0.2, 0) is 35.2 Å². The summed E-state index contributed by atoms with van der Waals surface area (Å²) < 4.78 is 31.7. The standard InChI is InChI=1S/C56H73ClFN9O7S/c1-38-51(75-37-62-38)40-21-19-39(20-22-40)35-59-54(70)47-16-14-26-67(47)55(71)52(56(2,3)4)65-50(69)17-8-7-9-27-72-28-10-11-29-73-30-12-13-31-74-48-34-45-42(33-46(48)64-49(68)18-15-25-66(5)6)53(61-36-60-45)63-41-23-24-44(58)43(57)32-41/h15,18-24,32-34,36-37,47,52H,7-14,16-17,25-31,35H2,1-6H3,(H,59,70)(H,64,68)(H,65,69)(H,60,61,63)/b18-15+/t47-,52?/m0/s1. The highest BCUT2D eigenvalue weighted by Gasteiger charge is 2.41. The molecule has 4 N–H and O–H groups in total. The SMILES string of the molecule is Cc1ncsc1-c1ccc(CNC(=O)[C@@H]2CCCN2C(=O)C(NC(=O)CCCCCOCCCCOCCCCOc2cc3ncnc(Nc4ccc(F)c(Cl)c4)c3cc2NC(=O)/C=C/CN(C)C)C(C)(C)C)cc1. The Balaban J connectivity index is 0.826. The van der Waals surface area contributed by atoms with Crippen molar-refractivity contribution >= 4 is 74.7 Å². The van der Waals surface area contributed by atoms with E-state index in [0.717, 1.165) is 66.6 Å². The van der Waals surface area contributed by atoms with Gasteiger partial charge in [0.05, 0.1) is 38.9 Å². The summed E-state index contributed by atoms with van der Waals surface area (Å²) >= 11 is 7.61. The first-order valence-corrected chi connectivity index (χ1v) is 27.1. The molecule has 75 heavy (non-hydrogen) atoms. The van der Waals surface area contributed by atoms with Crippen molar-refractivity contribution in [3.8, 4) is 16.2 Å². The lowest BCUT2D eigenvalue weighted by Gasteiger charge is -2.35. The number of halogens is 2. The summed E-state index contributed by atoms with van der Waals surface area (Å²) in [6, 6.07) is 14.5. The Hall–Kier alpha value is -6.05. The predicted molar refractivity (Wildman–Crippen MR) is 295 cm³/mol. The van der Waals surface area contributed by atoms with Crippen molar-refractivity contribution in [1.82, 2.24) is 35.4 Å². The summed E-state index contributed by atoms with van der Waals surface area (Å²) in [7, 11) is 3.83. The summed E-state index contributed by atoms with van der Waals surface area (Å²) in [5, 5.41) is 12.7. The van der Waals surface area contributed by atoms with Gasteiger partial charge in [-0.25, -0.2) is 19.3 Å². The molecule has 3 heterocycles. The van der Waals surface area contributed by atoms with E-state index in [1.807, 2.05) is 76.5 Å². The van der Waals surface area contributed by atoms with Crippen molar-refractivity contribution in [1.29, 1.82) is 0 Å². The number of likely N-dealkylation sites (tertiary alicyclic amines) is 1. The molecule has 1 unspecified atom stereocenters. The summed E-state index contributed by atoms with van der Waals surface area (Å²) in [5.41, 5.74) is 5.91. The number of likely N-dealkylation sites (N-methyl/N-ethyl adjacent to an activating group) is 1. The van der Waals surface area contributed by atoms with E-state index < -0.39 is 23.3 Å². The topological polar surface area (TPSA) is 189 Å². The van der Waals surface area contributed by atoms with Gasteiger partial charge in [-0.05, 0) is 113 Å². The molecule has 2 aromatic heterocycles. The van der Waals surface area contributed by atoms with Gasteiger partial charge in [-0.15, -0.1) is 11.3 Å². The number of fused-ring (bicyclic) bond motifs is 1. The molecule has 2 atom stereocenters. The van der Waals surface area contributed by atoms with E-state index in [1.165, 1.54) is 24.5 Å². The number of amides is 4. The molecule has 404 valence electrons. The average molecular weight is 1070 g/mol. The van der Waals surface area contributed by atoms with Crippen molar-refractivity contribution in [2.24, 2.45) is 5.41 Å². The van der Waals surface area contributed by atoms with Crippen molar-refractivity contribution in [2.75, 3.05) is 70.9 Å². The van der Waals surface area contributed by atoms with E-state index in [9.17, 15) is 23.6 Å². The molecule has 6 rings (SSSR count). The Labute approximate surface area is 449 Å². The molecule has 5 aromatic rings. The third-order valence-electron chi connectivity index (χ3n) is 12.6. The van der Waals surface area contributed by atoms with Gasteiger partial charge < -0.3 is 45.3 Å². The van der Waals surface area contributed by atoms with Crippen molar-refractivity contribution in [3.05, 3.63) is 101 Å². The highest BCUT2D eigenvalue weighted by atomic mass is 35.5. The number of benzene rings is 3. The fourth-order valence-corrected chi connectivity index (χ4v) is 9.43. The fourth-order valence-electron chi connectivity index (χ4n) is 8.43. The lowest BCUT2D eigenvalue weighted by molar-refractivity contribution is -0.143. The van der Waals surface area contributed by atoms with Gasteiger partial charge in [-0.3, -0.25) is 19.2 Å². The van der Waals surface area contributed by atoms with Crippen molar-refractivity contribution < 1.29 is 37.8 Å². The Morgan fingerprint density at radius 1 is 0.907 bits per heavy atom. The van der Waals surface area contributed by atoms with Gasteiger partial charge >= 0.3 is 0 Å². The van der Waals surface area contributed by atoms with Crippen molar-refractivity contribution in [2.45, 2.75) is 111 Å². The number of hydrogen-bond donors (Lipinski definition) is 4. The first kappa shape index (κ1) is 58.2. The zero-order valence-corrected chi connectivity index (χ0v) is 45.7. The first-order chi connectivity index (χ1) is 36.1. The van der Waals surface area contributed by atoms with Crippen molar-refractivity contribution in [3.63, 3.8) is 0 Å². The molecule has 1 aliphatic rings. The molecule has 19 heteroatoms. The van der Waals surface area contributed by atoms with E-state index in [4.69, 9.17) is 25.8 Å². The summed E-state index contributed by atoms with van der Waals surface area (Å²) in [5.74, 6) is -0.514. The average Bonchev–Trinajstić information content (AvgIpc) is 4.06. The van der Waals surface area contributed by atoms with E-state index in [2.05, 4.69) is 36.2 Å². The molecule has 4 amide bonds. The van der Waals surface area contributed by atoms with Gasteiger partial charge in [0.25, 0.3) is 0 Å². The van der Waals surface area contributed by atoms with Crippen LogP contribution in [0.2, 0.25) is 5.02 Å². The van der Waals surface area contributed by atoms with Gasteiger partial charge in [-0.1, -0.05) is 69.1 Å². The van der Waals surface area contributed by atoms with E-state index in [0.29, 0.717) is 106 Å². The summed E-state index contributed by atoms with van der Waals surface area (Å²) in [4.78, 5) is 71.3. The van der Waals surface area contributed by atoms with Crippen LogP contribution in [-0.4, -0.2) is 121 Å². The molecule has 1 fully saturated rings. The molecule has 1 aliphatic heterocycles. The highest BCUT2D eigenvalue weighted by Crippen LogP contribution is 2.35. The number of rotatable bonds is 29. The van der Waals surface area contributed by atoms with Crippen LogP contribution in [0.5, 0.6) is 5.75 Å². The van der Waals surface area contributed by atoms with Crippen LogP contribution in [0, 0.1) is 18.2 Å². The third kappa shape index (κ3) is 18.3. The second-order valence-electron chi connectivity index (χ2n) is 20.0. The molecule has 0 bridgehead atoms. The van der Waals surface area contributed by atoms with Crippen LogP contribution < -0.4 is 26.0 Å². The minimum Gasteiger partial charge on any atom is -0.491 e. The number of aryl methyl sites for hydroxylation is 1. The van der Waals surface area contributed by atoms with Crippen LogP contribution in [0.4, 0.5) is 21.6 Å². The van der Waals surface area contributed by atoms with E-state index in [1.54, 1.807) is 40.5 Å². The highest BCUT2D eigenvalue weighted by molar-refractivity contribution is 7.13. The van der Waals surface area contributed by atoms with Crippen LogP contribution in [0.1, 0.15) is 96.2 Å². The zero-order chi connectivity index (χ0) is 53.7. The number of ether oxygens (including phenoxy) is 3. The maximum atomic E-state index is 14.0. The Kier molecular flexibility index (Phi) is 22.7. The lowest BCUT2D eigenvalue weighted by Crippen LogP contribution is -2.57. The molecule has 3 aromatic carbocycles. The summed E-state index contributed by atoms with van der Waals surface area (Å²) in [6.07, 6.45) is 11.8. The number of carbonyl (C=O) groups excluding carboxylic acids is 4. The number of nitrogens with zero attached hydrogens (tertiary/aromatic N) is 5. The number of thiazole rings is 1. The number of nitrogens with one attached hydrogen (secondary N) is 4. The smallest absolute Gasteiger partial charge is 0.248 e. The van der Waals surface area contributed by atoms with Crippen LogP contribution in [0.3, 0.4) is 0 Å². The van der Waals surface area contributed by atoms with E-state index >= 15 is 0 Å². The van der Waals surface area contributed by atoms with E-state index in [-0.39, 0.29) is 28.7 Å².